The number of hydrogen-bond donors (Lipinski definition) is 1. The zero-order valence-electron chi connectivity index (χ0n) is 7.32. The van der Waals surface area contributed by atoms with E-state index in [1.165, 1.54) is 10.4 Å². The Labute approximate surface area is 81.1 Å². The maximum atomic E-state index is 5.85. The second kappa shape index (κ2) is 3.18. The van der Waals surface area contributed by atoms with Crippen LogP contribution in [-0.2, 0) is 0 Å². The van der Waals surface area contributed by atoms with Gasteiger partial charge in [-0.25, -0.2) is 0 Å². The lowest BCUT2D eigenvalue weighted by Crippen LogP contribution is -1.90. The lowest BCUT2D eigenvalue weighted by molar-refractivity contribution is 1.33. The fraction of sp³-hybridized carbons (Fsp3) is 0.100. The van der Waals surface area contributed by atoms with Crippen LogP contribution in [0.1, 0.15) is 4.88 Å². The number of rotatable bonds is 1. The summed E-state index contributed by atoms with van der Waals surface area (Å²) in [4.78, 5) is 5.34. The highest BCUT2D eigenvalue weighted by Gasteiger charge is 2.05. The molecule has 0 aromatic carbocycles. The van der Waals surface area contributed by atoms with E-state index in [-0.39, 0.29) is 0 Å². The van der Waals surface area contributed by atoms with Gasteiger partial charge in [0.2, 0.25) is 0 Å². The van der Waals surface area contributed by atoms with E-state index in [1.807, 2.05) is 12.3 Å². The number of thiophene rings is 1. The molecule has 0 saturated carbocycles. The Balaban J connectivity index is 2.59. The van der Waals surface area contributed by atoms with Gasteiger partial charge in [0, 0.05) is 28.5 Å². The summed E-state index contributed by atoms with van der Waals surface area (Å²) in [6, 6.07) is 3.90. The smallest absolute Gasteiger partial charge is 0.0425 e. The highest BCUT2D eigenvalue weighted by atomic mass is 32.1. The predicted octanol–water partition coefficient (Wildman–Crippen LogP) is 2.70. The average molecular weight is 190 g/mol. The van der Waals surface area contributed by atoms with Crippen molar-refractivity contribution < 1.29 is 0 Å². The van der Waals surface area contributed by atoms with Crippen molar-refractivity contribution in [2.75, 3.05) is 5.73 Å². The highest BCUT2D eigenvalue weighted by Crippen LogP contribution is 2.30. The van der Waals surface area contributed by atoms with E-state index < -0.39 is 0 Å². The summed E-state index contributed by atoms with van der Waals surface area (Å²) in [7, 11) is 0. The number of hydrogen-bond acceptors (Lipinski definition) is 3. The average Bonchev–Trinajstić information content (AvgIpc) is 2.52. The van der Waals surface area contributed by atoms with Gasteiger partial charge < -0.3 is 5.73 Å². The molecule has 0 aliphatic rings. The van der Waals surface area contributed by atoms with E-state index in [2.05, 4.69) is 23.4 Å². The van der Waals surface area contributed by atoms with E-state index in [9.17, 15) is 0 Å². The highest BCUT2D eigenvalue weighted by molar-refractivity contribution is 7.10. The molecular weight excluding hydrogens is 180 g/mol. The van der Waals surface area contributed by atoms with Crippen molar-refractivity contribution in [3.63, 3.8) is 0 Å². The largest absolute Gasteiger partial charge is 0.398 e. The monoisotopic (exact) mass is 190 g/mol. The number of pyridine rings is 1. The predicted molar refractivity (Wildman–Crippen MR) is 56.7 cm³/mol. The molecule has 3 heteroatoms. The molecule has 2 N–H and O–H groups in total. The van der Waals surface area contributed by atoms with Gasteiger partial charge in [-0.05, 0) is 30.0 Å². The maximum absolute atomic E-state index is 5.85. The number of nitrogen functional groups attached to an aromatic ring is 1. The van der Waals surface area contributed by atoms with Gasteiger partial charge in [-0.2, -0.15) is 0 Å². The minimum absolute atomic E-state index is 0.788. The van der Waals surface area contributed by atoms with Crippen molar-refractivity contribution >= 4 is 17.0 Å². The third-order valence-corrected chi connectivity index (χ3v) is 2.85. The molecule has 2 heterocycles. The van der Waals surface area contributed by atoms with Gasteiger partial charge in [0.1, 0.15) is 0 Å². The van der Waals surface area contributed by atoms with Crippen molar-refractivity contribution in [1.82, 2.24) is 4.98 Å². The third kappa shape index (κ3) is 1.42. The zero-order chi connectivity index (χ0) is 9.26. The molecule has 2 aromatic rings. The maximum Gasteiger partial charge on any atom is 0.0425 e. The Morgan fingerprint density at radius 1 is 1.31 bits per heavy atom. The SMILES string of the molecule is Cc1sccc1-c1cnccc1N. The standard InChI is InChI=1S/C10H10N2S/c1-7-8(3-5-13-7)9-6-12-4-2-10(9)11/h2-6H,1H3,(H2,11,12). The molecule has 0 saturated heterocycles. The van der Waals surface area contributed by atoms with Gasteiger partial charge >= 0.3 is 0 Å². The van der Waals surface area contributed by atoms with Gasteiger partial charge in [-0.3, -0.25) is 4.98 Å². The number of aryl methyl sites for hydroxylation is 1. The third-order valence-electron chi connectivity index (χ3n) is 2.00. The summed E-state index contributed by atoms with van der Waals surface area (Å²) in [5.74, 6) is 0. The fourth-order valence-electron chi connectivity index (χ4n) is 1.29. The second-order valence-electron chi connectivity index (χ2n) is 2.85. The van der Waals surface area contributed by atoms with Crippen LogP contribution in [0.5, 0.6) is 0 Å². The summed E-state index contributed by atoms with van der Waals surface area (Å²) in [6.45, 7) is 2.09. The summed E-state index contributed by atoms with van der Waals surface area (Å²) < 4.78 is 0. The van der Waals surface area contributed by atoms with Crippen molar-refractivity contribution in [2.45, 2.75) is 6.92 Å². The molecule has 13 heavy (non-hydrogen) atoms. The van der Waals surface area contributed by atoms with Crippen molar-refractivity contribution in [2.24, 2.45) is 0 Å². The number of nitrogens with two attached hydrogens (primary N) is 1. The van der Waals surface area contributed by atoms with Gasteiger partial charge in [0.25, 0.3) is 0 Å². The summed E-state index contributed by atoms with van der Waals surface area (Å²) in [5.41, 5.74) is 8.85. The van der Waals surface area contributed by atoms with E-state index >= 15 is 0 Å². The minimum atomic E-state index is 0.788. The normalized spacial score (nSPS) is 10.2. The first-order valence-corrected chi connectivity index (χ1v) is 4.91. The van der Waals surface area contributed by atoms with E-state index in [0.29, 0.717) is 0 Å². The first-order chi connectivity index (χ1) is 6.29. The number of anilines is 1. The van der Waals surface area contributed by atoms with Crippen molar-refractivity contribution in [1.29, 1.82) is 0 Å². The molecule has 0 fully saturated rings. The Hall–Kier alpha value is -1.35. The Kier molecular flexibility index (Phi) is 2.02. The van der Waals surface area contributed by atoms with Crippen LogP contribution in [0.2, 0.25) is 0 Å². The van der Waals surface area contributed by atoms with Gasteiger partial charge in [-0.15, -0.1) is 11.3 Å². The molecule has 0 aliphatic carbocycles. The zero-order valence-corrected chi connectivity index (χ0v) is 8.14. The lowest BCUT2D eigenvalue weighted by Gasteiger charge is -2.02. The van der Waals surface area contributed by atoms with E-state index in [0.717, 1.165) is 11.3 Å². The topological polar surface area (TPSA) is 38.9 Å². The van der Waals surface area contributed by atoms with Crippen LogP contribution in [0, 0.1) is 6.92 Å². The number of aromatic nitrogens is 1. The molecule has 2 nitrogen and oxygen atoms in total. The molecule has 66 valence electrons. The summed E-state index contributed by atoms with van der Waals surface area (Å²) in [5, 5.41) is 2.07. The van der Waals surface area contributed by atoms with Gasteiger partial charge in [-0.1, -0.05) is 0 Å². The molecule has 0 atom stereocenters. The quantitative estimate of drug-likeness (QED) is 0.751. The van der Waals surface area contributed by atoms with Crippen LogP contribution in [-0.4, -0.2) is 4.98 Å². The van der Waals surface area contributed by atoms with Crippen LogP contribution in [0.25, 0.3) is 11.1 Å². The van der Waals surface area contributed by atoms with Crippen LogP contribution < -0.4 is 5.73 Å². The number of nitrogens with zero attached hydrogens (tertiary/aromatic N) is 1. The lowest BCUT2D eigenvalue weighted by atomic mass is 10.1. The van der Waals surface area contributed by atoms with Gasteiger partial charge in [0.15, 0.2) is 0 Å². The Bertz CT molecular complexity index is 420. The Morgan fingerprint density at radius 2 is 2.15 bits per heavy atom. The van der Waals surface area contributed by atoms with Crippen LogP contribution in [0.15, 0.2) is 29.9 Å². The summed E-state index contributed by atoms with van der Waals surface area (Å²) >= 11 is 1.72. The van der Waals surface area contributed by atoms with E-state index in [4.69, 9.17) is 5.73 Å². The molecule has 0 unspecified atom stereocenters. The van der Waals surface area contributed by atoms with Crippen LogP contribution in [0.3, 0.4) is 0 Å². The van der Waals surface area contributed by atoms with Crippen molar-refractivity contribution in [3.05, 3.63) is 34.8 Å². The molecule has 0 amide bonds. The van der Waals surface area contributed by atoms with Crippen molar-refractivity contribution in [3.8, 4) is 11.1 Å². The summed E-state index contributed by atoms with van der Waals surface area (Å²) in [6.07, 6.45) is 3.52. The fourth-order valence-corrected chi connectivity index (χ4v) is 2.01. The Morgan fingerprint density at radius 3 is 2.77 bits per heavy atom. The molecule has 0 bridgehead atoms. The molecule has 0 radical (unpaired) electrons. The van der Waals surface area contributed by atoms with Crippen LogP contribution in [0.4, 0.5) is 5.69 Å². The molecule has 2 aromatic heterocycles. The molecule has 2 rings (SSSR count). The molecule has 0 aliphatic heterocycles. The molecule has 0 spiro atoms. The first kappa shape index (κ1) is 8.26. The van der Waals surface area contributed by atoms with Gasteiger partial charge in [0.05, 0.1) is 0 Å². The van der Waals surface area contributed by atoms with E-state index in [1.54, 1.807) is 17.5 Å². The second-order valence-corrected chi connectivity index (χ2v) is 3.97. The molecular formula is C10H10N2S. The first-order valence-electron chi connectivity index (χ1n) is 4.03. The minimum Gasteiger partial charge on any atom is -0.398 e. The van der Waals surface area contributed by atoms with Crippen LogP contribution >= 0.6 is 11.3 Å².